The zero-order valence-electron chi connectivity index (χ0n) is 8.78. The zero-order chi connectivity index (χ0) is 13.7. The van der Waals surface area contributed by atoms with E-state index in [1.165, 1.54) is 0 Å². The number of hydrogen-bond acceptors (Lipinski definition) is 2. The van der Waals surface area contributed by atoms with Crippen molar-refractivity contribution >= 4 is 27.7 Å². The molecule has 0 spiro atoms. The minimum atomic E-state index is -0.491. The second kappa shape index (κ2) is 15.7. The van der Waals surface area contributed by atoms with Crippen molar-refractivity contribution in [3.63, 3.8) is 0 Å². The van der Waals surface area contributed by atoms with E-state index in [2.05, 4.69) is 34.5 Å². The molecule has 0 bridgehead atoms. The normalized spacial score (nSPS) is 10.6. The Kier molecular flexibility index (Phi) is 19.1. The molecule has 7 heteroatoms. The maximum absolute atomic E-state index is 10.3. The third-order valence-electron chi connectivity index (χ3n) is 1.22. The van der Waals surface area contributed by atoms with Gasteiger partial charge in [-0.05, 0) is 22.0 Å². The quantitative estimate of drug-likeness (QED) is 0.310. The zero-order valence-corrected chi connectivity index (χ0v) is 11.5. The second-order valence-electron chi connectivity index (χ2n) is 2.21. The summed E-state index contributed by atoms with van der Waals surface area (Å²) in [7, 11) is 0. The van der Waals surface area contributed by atoms with Crippen LogP contribution in [0.5, 0.6) is 0 Å². The Labute approximate surface area is 123 Å². The summed E-state index contributed by atoms with van der Waals surface area (Å²) in [6.45, 7) is 9.00. The average molecular weight is 352 g/mol. The molecule has 0 aromatic heterocycles. The maximum Gasteiger partial charge on any atom is 2.00 e. The van der Waals surface area contributed by atoms with Crippen LogP contribution in [0.2, 0.25) is 0 Å². The van der Waals surface area contributed by atoms with Gasteiger partial charge in [-0.2, -0.15) is 18.2 Å². The molecule has 94 valence electrons. The second-order valence-corrected chi connectivity index (χ2v) is 3.06. The van der Waals surface area contributed by atoms with Gasteiger partial charge in [0.25, 0.3) is 0 Å². The summed E-state index contributed by atoms with van der Waals surface area (Å²) >= 11 is 2.84. The molecule has 1 aromatic rings. The smallest absolute Gasteiger partial charge is 0.214 e. The summed E-state index contributed by atoms with van der Waals surface area (Å²) in [6.07, 6.45) is 1.14. The van der Waals surface area contributed by atoms with Crippen LogP contribution in [0.25, 0.3) is 5.32 Å². The Balaban J connectivity index is -0.000000196. The predicted octanol–water partition coefficient (Wildman–Crippen LogP) is 2.03. The summed E-state index contributed by atoms with van der Waals surface area (Å²) in [4.78, 5) is 20.5. The minimum absolute atomic E-state index is 0. The van der Waals surface area contributed by atoms with Crippen molar-refractivity contribution in [1.82, 2.24) is 0 Å². The number of halogens is 1. The predicted molar refractivity (Wildman–Crippen MR) is 60.3 cm³/mol. The van der Waals surface area contributed by atoms with Crippen molar-refractivity contribution < 1.29 is 36.0 Å². The van der Waals surface area contributed by atoms with Crippen LogP contribution in [-0.4, -0.2) is 11.8 Å². The van der Waals surface area contributed by atoms with Gasteiger partial charge < -0.3 is 14.9 Å². The first-order chi connectivity index (χ1) is 8.20. The molecule has 0 aliphatic carbocycles. The molecule has 0 N–H and O–H groups in total. The average Bonchev–Trinajstić information content (AvgIpc) is 2.99. The standard InChI is InChI=1S/C5H5.C4H2BrNO2.2CO.Fe/c1-2-4-5-3-1;5-2-1-3(7)6-4(2)8;2*1-2;/h1-5H;1H,(H,6,7,8);;;/q-1;;;;+2/p-1. The van der Waals surface area contributed by atoms with E-state index in [0.717, 1.165) is 6.08 Å². The molecule has 1 aliphatic heterocycles. The van der Waals surface area contributed by atoms with Gasteiger partial charge >= 0.3 is 39.7 Å². The van der Waals surface area contributed by atoms with E-state index in [9.17, 15) is 9.59 Å². The van der Waals surface area contributed by atoms with Crippen LogP contribution in [0.3, 0.4) is 0 Å². The van der Waals surface area contributed by atoms with Crippen LogP contribution in [0, 0.1) is 13.3 Å². The van der Waals surface area contributed by atoms with Crippen molar-refractivity contribution in [2.75, 3.05) is 0 Å². The number of imide groups is 1. The van der Waals surface area contributed by atoms with Crippen molar-refractivity contribution in [3.8, 4) is 0 Å². The van der Waals surface area contributed by atoms with Gasteiger partial charge in [0.05, 0.1) is 11.8 Å². The Bertz CT molecular complexity index is 386. The Morgan fingerprint density at radius 2 is 1.56 bits per heavy atom. The van der Waals surface area contributed by atoms with Crippen LogP contribution in [0.15, 0.2) is 40.9 Å². The molecule has 0 radical (unpaired) electrons. The monoisotopic (exact) mass is 351 g/mol. The molecule has 0 saturated carbocycles. The van der Waals surface area contributed by atoms with E-state index >= 15 is 0 Å². The fourth-order valence-corrected chi connectivity index (χ4v) is 0.961. The van der Waals surface area contributed by atoms with Gasteiger partial charge in [-0.3, -0.25) is 0 Å². The Morgan fingerprint density at radius 3 is 1.67 bits per heavy atom. The van der Waals surface area contributed by atoms with Crippen molar-refractivity contribution in [3.05, 3.63) is 59.5 Å². The van der Waals surface area contributed by atoms with Crippen LogP contribution < -0.4 is 0 Å². The molecule has 0 fully saturated rings. The van der Waals surface area contributed by atoms with Crippen LogP contribution in [0.4, 0.5) is 0 Å². The van der Waals surface area contributed by atoms with E-state index < -0.39 is 11.8 Å². The summed E-state index contributed by atoms with van der Waals surface area (Å²) in [5.41, 5.74) is 0. The number of nitrogens with zero attached hydrogens (tertiary/aromatic N) is 1. The van der Waals surface area contributed by atoms with Crippen LogP contribution in [-0.2, 0) is 36.0 Å². The van der Waals surface area contributed by atoms with Gasteiger partial charge in [0.1, 0.15) is 0 Å². The molecule has 0 saturated heterocycles. The molecule has 0 unspecified atom stereocenters. The van der Waals surface area contributed by atoms with E-state index in [4.69, 9.17) is 9.30 Å². The SMILES string of the molecule is O=C1C=C(Br)C(=O)[N-]1.[C-]#[O+].[C-]#[O+].[Fe+2].c1cc[cH-]c1. The third kappa shape index (κ3) is 11.2. The summed E-state index contributed by atoms with van der Waals surface area (Å²) < 4.78 is 15.2. The third-order valence-corrected chi connectivity index (χ3v) is 1.79. The topological polar surface area (TPSA) is 88.0 Å². The van der Waals surface area contributed by atoms with E-state index in [-0.39, 0.29) is 21.6 Å². The molecule has 1 aromatic carbocycles. The van der Waals surface area contributed by atoms with Gasteiger partial charge in [-0.1, -0.05) is 0 Å². The summed E-state index contributed by atoms with van der Waals surface area (Å²) in [5, 5.41) is 3.05. The number of carbonyl (C=O) groups excluding carboxylic acids is 2. The van der Waals surface area contributed by atoms with Crippen molar-refractivity contribution in [2.45, 2.75) is 0 Å². The fourth-order valence-electron chi connectivity index (χ4n) is 0.677. The molecule has 5 nitrogen and oxygen atoms in total. The van der Waals surface area contributed by atoms with Crippen LogP contribution in [0.1, 0.15) is 0 Å². The first kappa shape index (κ1) is 21.9. The molecular formula is C11H6BrFeNO4. The first-order valence-electron chi connectivity index (χ1n) is 3.95. The number of hydrogen-bond donors (Lipinski definition) is 0. The van der Waals surface area contributed by atoms with E-state index in [1.807, 2.05) is 30.3 Å². The molecule has 2 amide bonds. The van der Waals surface area contributed by atoms with Crippen LogP contribution >= 0.6 is 15.9 Å². The Hall–Kier alpha value is -1.29. The van der Waals surface area contributed by atoms with Crippen molar-refractivity contribution in [2.24, 2.45) is 0 Å². The Morgan fingerprint density at radius 1 is 1.11 bits per heavy atom. The number of rotatable bonds is 0. The van der Waals surface area contributed by atoms with Gasteiger partial charge in [0.2, 0.25) is 0 Å². The summed E-state index contributed by atoms with van der Waals surface area (Å²) in [5.74, 6) is -0.975. The van der Waals surface area contributed by atoms with E-state index in [1.54, 1.807) is 0 Å². The largest absolute Gasteiger partial charge is 2.00 e. The first-order valence-corrected chi connectivity index (χ1v) is 4.74. The molecule has 18 heavy (non-hydrogen) atoms. The van der Waals surface area contributed by atoms with Gasteiger partial charge in [-0.25, -0.2) is 12.1 Å². The van der Waals surface area contributed by atoms with Gasteiger partial charge in [-0.15, -0.1) is 0 Å². The molecule has 1 aliphatic rings. The molecule has 1 heterocycles. The van der Waals surface area contributed by atoms with Crippen molar-refractivity contribution in [1.29, 1.82) is 0 Å². The fraction of sp³-hybridized carbons (Fsp3) is 0. The van der Waals surface area contributed by atoms with E-state index in [0.29, 0.717) is 0 Å². The molecule has 0 atom stereocenters. The maximum atomic E-state index is 10.3. The number of carbonyl (C=O) groups is 2. The summed E-state index contributed by atoms with van der Waals surface area (Å²) in [6, 6.07) is 10.0. The molecule has 2 rings (SSSR count). The van der Waals surface area contributed by atoms with Gasteiger partial charge in [0.15, 0.2) is 0 Å². The van der Waals surface area contributed by atoms with Gasteiger partial charge in [0, 0.05) is 4.48 Å². The minimum Gasteiger partial charge on any atom is -0.214 e. The number of amides is 2. The molecular weight excluding hydrogens is 346 g/mol.